The first kappa shape index (κ1) is 13.4. The van der Waals surface area contributed by atoms with E-state index in [9.17, 15) is 0 Å². The van der Waals surface area contributed by atoms with Crippen LogP contribution >= 0.6 is 22.9 Å². The zero-order valence-corrected chi connectivity index (χ0v) is 12.5. The minimum atomic E-state index is 0.733. The fourth-order valence-electron chi connectivity index (χ4n) is 2.61. The standard InChI is InChI=1S/C13H19ClN4S/c14-2-5-16-3-1-4-17(7-6-16)10-12-11-18-8-9-19-13(18)15-12/h8-9,11H,1-7,10H2. The molecule has 1 saturated heterocycles. The van der Waals surface area contributed by atoms with Crippen LogP contribution in [-0.4, -0.2) is 57.8 Å². The Balaban J connectivity index is 1.59. The van der Waals surface area contributed by atoms with Crippen LogP contribution < -0.4 is 0 Å². The molecule has 0 spiro atoms. The predicted octanol–water partition coefficient (Wildman–Crippen LogP) is 2.14. The molecule has 0 amide bonds. The largest absolute Gasteiger partial charge is 0.301 e. The lowest BCUT2D eigenvalue weighted by Gasteiger charge is -2.20. The van der Waals surface area contributed by atoms with E-state index in [1.807, 2.05) is 0 Å². The molecule has 1 aliphatic heterocycles. The van der Waals surface area contributed by atoms with Crippen molar-refractivity contribution in [3.63, 3.8) is 0 Å². The third kappa shape index (κ3) is 3.28. The van der Waals surface area contributed by atoms with Crippen LogP contribution in [0.25, 0.3) is 4.96 Å². The van der Waals surface area contributed by atoms with Crippen LogP contribution in [0, 0.1) is 0 Å². The minimum Gasteiger partial charge on any atom is -0.301 e. The molecule has 0 bridgehead atoms. The summed E-state index contributed by atoms with van der Waals surface area (Å²) in [5.74, 6) is 0.733. The van der Waals surface area contributed by atoms with Crippen LogP contribution in [0.1, 0.15) is 12.1 Å². The maximum Gasteiger partial charge on any atom is 0.193 e. The maximum atomic E-state index is 5.82. The molecular formula is C13H19ClN4S. The smallest absolute Gasteiger partial charge is 0.193 e. The van der Waals surface area contributed by atoms with E-state index in [4.69, 9.17) is 11.6 Å². The summed E-state index contributed by atoms with van der Waals surface area (Å²) in [5, 5.41) is 2.07. The molecule has 104 valence electrons. The molecule has 3 rings (SSSR count). The van der Waals surface area contributed by atoms with Crippen LogP contribution in [0.3, 0.4) is 0 Å². The van der Waals surface area contributed by atoms with Crippen LogP contribution in [0.15, 0.2) is 17.8 Å². The number of hydrogen-bond donors (Lipinski definition) is 0. The number of hydrogen-bond acceptors (Lipinski definition) is 4. The first-order valence-corrected chi connectivity index (χ1v) is 8.18. The van der Waals surface area contributed by atoms with E-state index in [0.717, 1.165) is 43.6 Å². The van der Waals surface area contributed by atoms with E-state index < -0.39 is 0 Å². The van der Waals surface area contributed by atoms with Gasteiger partial charge in [-0.05, 0) is 19.5 Å². The molecule has 0 atom stereocenters. The number of aromatic nitrogens is 2. The van der Waals surface area contributed by atoms with Crippen molar-refractivity contribution in [2.75, 3.05) is 38.6 Å². The highest BCUT2D eigenvalue weighted by atomic mass is 35.5. The molecule has 0 radical (unpaired) electrons. The molecule has 2 aromatic heterocycles. The third-order valence-electron chi connectivity index (χ3n) is 3.61. The van der Waals surface area contributed by atoms with Crippen molar-refractivity contribution < 1.29 is 0 Å². The van der Waals surface area contributed by atoms with Gasteiger partial charge in [-0.25, -0.2) is 4.98 Å². The average molecular weight is 299 g/mol. The molecule has 3 heterocycles. The van der Waals surface area contributed by atoms with Gasteiger partial charge in [-0.3, -0.25) is 9.30 Å². The van der Waals surface area contributed by atoms with Crippen molar-refractivity contribution in [1.82, 2.24) is 19.2 Å². The first-order valence-electron chi connectivity index (χ1n) is 6.77. The molecule has 0 saturated carbocycles. The van der Waals surface area contributed by atoms with Crippen molar-refractivity contribution in [3.8, 4) is 0 Å². The Morgan fingerprint density at radius 2 is 2.05 bits per heavy atom. The molecule has 0 N–H and O–H groups in total. The summed E-state index contributed by atoms with van der Waals surface area (Å²) >= 11 is 7.51. The van der Waals surface area contributed by atoms with Crippen LogP contribution in [0.2, 0.25) is 0 Å². The van der Waals surface area contributed by atoms with Gasteiger partial charge in [0.1, 0.15) is 0 Å². The second kappa shape index (κ2) is 6.22. The SMILES string of the molecule is ClCCN1CCCN(Cc2cn3ccsc3n2)CC1. The fraction of sp³-hybridized carbons (Fsp3) is 0.615. The van der Waals surface area contributed by atoms with Gasteiger partial charge < -0.3 is 4.90 Å². The van der Waals surface area contributed by atoms with Gasteiger partial charge in [-0.15, -0.1) is 22.9 Å². The number of imidazole rings is 1. The zero-order chi connectivity index (χ0) is 13.1. The molecule has 0 aliphatic carbocycles. The van der Waals surface area contributed by atoms with E-state index in [1.165, 1.54) is 18.7 Å². The van der Waals surface area contributed by atoms with Crippen LogP contribution in [0.4, 0.5) is 0 Å². The van der Waals surface area contributed by atoms with Gasteiger partial charge in [0.15, 0.2) is 4.96 Å². The predicted molar refractivity (Wildman–Crippen MR) is 80.1 cm³/mol. The summed E-state index contributed by atoms with van der Waals surface area (Å²) in [4.78, 5) is 10.7. The summed E-state index contributed by atoms with van der Waals surface area (Å²) in [6, 6.07) is 0. The zero-order valence-electron chi connectivity index (χ0n) is 11.0. The van der Waals surface area contributed by atoms with Crippen LogP contribution in [0.5, 0.6) is 0 Å². The van der Waals surface area contributed by atoms with E-state index in [0.29, 0.717) is 0 Å². The van der Waals surface area contributed by atoms with Crippen molar-refractivity contribution in [3.05, 3.63) is 23.5 Å². The molecule has 19 heavy (non-hydrogen) atoms. The molecular weight excluding hydrogens is 280 g/mol. The van der Waals surface area contributed by atoms with Gasteiger partial charge >= 0.3 is 0 Å². The first-order chi connectivity index (χ1) is 9.35. The topological polar surface area (TPSA) is 23.8 Å². The second-order valence-electron chi connectivity index (χ2n) is 4.99. The van der Waals surface area contributed by atoms with Crippen molar-refractivity contribution >= 4 is 27.9 Å². The lowest BCUT2D eigenvalue weighted by atomic mass is 10.3. The molecule has 0 aromatic carbocycles. The van der Waals surface area contributed by atoms with Gasteiger partial charge in [0, 0.05) is 49.8 Å². The highest BCUT2D eigenvalue weighted by Crippen LogP contribution is 2.14. The van der Waals surface area contributed by atoms with E-state index in [-0.39, 0.29) is 0 Å². The van der Waals surface area contributed by atoms with E-state index in [1.54, 1.807) is 11.3 Å². The molecule has 1 aliphatic rings. The van der Waals surface area contributed by atoms with Crippen molar-refractivity contribution in [2.24, 2.45) is 0 Å². The Bertz CT molecular complexity index is 495. The average Bonchev–Trinajstić information content (AvgIpc) is 2.88. The lowest BCUT2D eigenvalue weighted by Crippen LogP contribution is -2.31. The summed E-state index contributed by atoms with van der Waals surface area (Å²) in [6.07, 6.45) is 5.44. The number of fused-ring (bicyclic) bond motifs is 1. The summed E-state index contributed by atoms with van der Waals surface area (Å²) in [6.45, 7) is 6.53. The third-order valence-corrected chi connectivity index (χ3v) is 4.55. The van der Waals surface area contributed by atoms with Gasteiger partial charge in [0.25, 0.3) is 0 Å². The Morgan fingerprint density at radius 1 is 1.21 bits per heavy atom. The number of rotatable bonds is 4. The van der Waals surface area contributed by atoms with Crippen molar-refractivity contribution in [2.45, 2.75) is 13.0 Å². The van der Waals surface area contributed by atoms with Gasteiger partial charge in [0.2, 0.25) is 0 Å². The molecule has 1 fully saturated rings. The number of thiazole rings is 1. The highest BCUT2D eigenvalue weighted by molar-refractivity contribution is 7.15. The quantitative estimate of drug-likeness (QED) is 0.808. The summed E-state index contributed by atoms with van der Waals surface area (Å²) < 4.78 is 2.11. The number of alkyl halides is 1. The lowest BCUT2D eigenvalue weighted by molar-refractivity contribution is 0.256. The molecule has 0 unspecified atom stereocenters. The molecule has 6 heteroatoms. The van der Waals surface area contributed by atoms with Crippen molar-refractivity contribution in [1.29, 1.82) is 0 Å². The molecule has 2 aromatic rings. The number of nitrogens with zero attached hydrogens (tertiary/aromatic N) is 4. The van der Waals surface area contributed by atoms with Gasteiger partial charge in [0.05, 0.1) is 5.69 Å². The minimum absolute atomic E-state index is 0.733. The van der Waals surface area contributed by atoms with E-state index >= 15 is 0 Å². The normalized spacial score (nSPS) is 19.0. The maximum absolute atomic E-state index is 5.82. The monoisotopic (exact) mass is 298 g/mol. The second-order valence-corrected chi connectivity index (χ2v) is 6.24. The Morgan fingerprint density at radius 3 is 2.89 bits per heavy atom. The Labute approximate surface area is 122 Å². The summed E-state index contributed by atoms with van der Waals surface area (Å²) in [5.41, 5.74) is 1.18. The van der Waals surface area contributed by atoms with E-state index in [2.05, 4.69) is 37.0 Å². The Kier molecular flexibility index (Phi) is 4.38. The van der Waals surface area contributed by atoms with Gasteiger partial charge in [-0.2, -0.15) is 0 Å². The summed E-state index contributed by atoms with van der Waals surface area (Å²) in [7, 11) is 0. The highest BCUT2D eigenvalue weighted by Gasteiger charge is 2.15. The molecule has 4 nitrogen and oxygen atoms in total. The fourth-order valence-corrected chi connectivity index (χ4v) is 3.56. The Hall–Kier alpha value is -0.620. The van der Waals surface area contributed by atoms with Crippen LogP contribution in [-0.2, 0) is 6.54 Å². The van der Waals surface area contributed by atoms with Gasteiger partial charge in [-0.1, -0.05) is 0 Å². The number of halogens is 1.